The summed E-state index contributed by atoms with van der Waals surface area (Å²) in [5, 5.41) is 10.2. The van der Waals surface area contributed by atoms with E-state index in [1.165, 1.54) is 4.90 Å². The highest BCUT2D eigenvalue weighted by Crippen LogP contribution is 2.25. The van der Waals surface area contributed by atoms with E-state index in [-0.39, 0.29) is 30.0 Å². The lowest BCUT2D eigenvalue weighted by atomic mass is 9.92. The Hall–Kier alpha value is -1.70. The molecule has 146 valence electrons. The van der Waals surface area contributed by atoms with Crippen molar-refractivity contribution in [1.82, 2.24) is 4.90 Å². The van der Waals surface area contributed by atoms with Crippen LogP contribution in [-0.4, -0.2) is 67.1 Å². The predicted molar refractivity (Wildman–Crippen MR) is 104 cm³/mol. The molecule has 0 saturated carbocycles. The summed E-state index contributed by atoms with van der Waals surface area (Å²) in [6.07, 6.45) is 3.38. The second kappa shape index (κ2) is 9.00. The number of aliphatic hydroxyl groups excluding tert-OH is 1. The van der Waals surface area contributed by atoms with Gasteiger partial charge in [-0.1, -0.05) is 31.9 Å². The molecule has 0 aliphatic carbocycles. The van der Waals surface area contributed by atoms with Crippen molar-refractivity contribution in [3.8, 4) is 0 Å². The minimum absolute atomic E-state index is 0.0845. The van der Waals surface area contributed by atoms with Gasteiger partial charge in [-0.05, 0) is 31.4 Å². The first kappa shape index (κ1) is 20.0. The van der Waals surface area contributed by atoms with Gasteiger partial charge in [0, 0.05) is 13.2 Å². The lowest BCUT2D eigenvalue weighted by Crippen LogP contribution is -2.35. The summed E-state index contributed by atoms with van der Waals surface area (Å²) in [6.45, 7) is 3.04. The molecule has 0 radical (unpaired) electrons. The number of carbonyl (C=O) groups is 2. The zero-order valence-electron chi connectivity index (χ0n) is 16.1. The van der Waals surface area contributed by atoms with Crippen LogP contribution < -0.4 is 0 Å². The van der Waals surface area contributed by atoms with Gasteiger partial charge >= 0.3 is 0 Å². The van der Waals surface area contributed by atoms with Gasteiger partial charge in [0.2, 0.25) is 0 Å². The summed E-state index contributed by atoms with van der Waals surface area (Å²) in [5.74, 6) is -0.373. The van der Waals surface area contributed by atoms with E-state index in [4.69, 9.17) is 9.47 Å². The lowest BCUT2D eigenvalue weighted by Gasteiger charge is -2.19. The lowest BCUT2D eigenvalue weighted by molar-refractivity contribution is -0.0233. The Bertz CT molecular complexity index is 647. The molecule has 2 heterocycles. The minimum atomic E-state index is -0.557. The van der Waals surface area contributed by atoms with E-state index in [0.717, 1.165) is 32.1 Å². The van der Waals surface area contributed by atoms with Crippen LogP contribution in [0.2, 0.25) is 0 Å². The van der Waals surface area contributed by atoms with E-state index in [9.17, 15) is 14.7 Å². The van der Waals surface area contributed by atoms with Crippen LogP contribution in [0, 0.1) is 0 Å². The Morgan fingerprint density at radius 3 is 2.33 bits per heavy atom. The molecule has 2 aliphatic heterocycles. The number of fused-ring (bicyclic) bond motifs is 1. The van der Waals surface area contributed by atoms with Crippen molar-refractivity contribution in [2.75, 3.05) is 13.2 Å². The third kappa shape index (κ3) is 4.26. The minimum Gasteiger partial charge on any atom is -0.388 e. The smallest absolute Gasteiger partial charge is 0.261 e. The maximum Gasteiger partial charge on any atom is 0.261 e. The molecule has 0 spiro atoms. The largest absolute Gasteiger partial charge is 0.388 e. The molecule has 2 amide bonds. The first-order valence-corrected chi connectivity index (χ1v) is 9.95. The third-order valence-electron chi connectivity index (χ3n) is 5.44. The Kier molecular flexibility index (Phi) is 6.68. The Morgan fingerprint density at radius 2 is 1.74 bits per heavy atom. The molecule has 2 aliphatic rings. The van der Waals surface area contributed by atoms with Gasteiger partial charge in [-0.15, -0.1) is 0 Å². The average Bonchev–Trinajstić information content (AvgIpc) is 3.09. The molecule has 1 fully saturated rings. The van der Waals surface area contributed by atoms with E-state index in [1.54, 1.807) is 24.3 Å². The van der Waals surface area contributed by atoms with Crippen molar-refractivity contribution < 1.29 is 24.2 Å². The van der Waals surface area contributed by atoms with E-state index in [0.29, 0.717) is 24.3 Å². The van der Waals surface area contributed by atoms with Gasteiger partial charge in [-0.2, -0.15) is 0 Å². The van der Waals surface area contributed by atoms with Crippen LogP contribution in [0.15, 0.2) is 24.3 Å². The number of nitrogens with zero attached hydrogens (tertiary/aromatic N) is 1. The van der Waals surface area contributed by atoms with Crippen molar-refractivity contribution >= 4 is 19.7 Å². The summed E-state index contributed by atoms with van der Waals surface area (Å²) in [7, 11) is 1.94. The molecule has 0 bridgehead atoms. The van der Waals surface area contributed by atoms with Crippen LogP contribution >= 0.6 is 0 Å². The molecule has 7 heteroatoms. The van der Waals surface area contributed by atoms with Crippen LogP contribution in [0.4, 0.5) is 0 Å². The van der Waals surface area contributed by atoms with Gasteiger partial charge in [-0.3, -0.25) is 14.5 Å². The molecule has 0 aromatic heterocycles. The number of rotatable bonds is 9. The third-order valence-corrected chi connectivity index (χ3v) is 5.44. The number of hydrogen-bond donors (Lipinski definition) is 1. The van der Waals surface area contributed by atoms with Gasteiger partial charge in [0.1, 0.15) is 20.1 Å². The summed E-state index contributed by atoms with van der Waals surface area (Å²) in [5.41, 5.74) is 1.01. The fraction of sp³-hybridized carbons (Fsp3) is 0.600. The van der Waals surface area contributed by atoms with E-state index >= 15 is 0 Å². The molecule has 6 nitrogen and oxygen atoms in total. The SMILES string of the molecule is B[C@@H]1O[C@H](CC)[C@H](O)C1OCCCCCCN1C(=O)c2ccccc2C1=O. The van der Waals surface area contributed by atoms with Crippen LogP contribution in [0.3, 0.4) is 0 Å². The number of carbonyl (C=O) groups excluding carboxylic acids is 2. The molecule has 1 aromatic rings. The number of unbranched alkanes of at least 4 members (excludes halogenated alkanes) is 3. The zero-order valence-corrected chi connectivity index (χ0v) is 16.1. The molecule has 1 saturated heterocycles. The predicted octanol–water partition coefficient (Wildman–Crippen LogP) is 1.36. The summed E-state index contributed by atoms with van der Waals surface area (Å²) in [6, 6.07) is 6.89. The van der Waals surface area contributed by atoms with E-state index in [2.05, 4.69) is 0 Å². The second-order valence-electron chi connectivity index (χ2n) is 7.34. The second-order valence-corrected chi connectivity index (χ2v) is 7.34. The number of amides is 2. The summed E-state index contributed by atoms with van der Waals surface area (Å²) < 4.78 is 11.5. The van der Waals surface area contributed by atoms with Crippen molar-refractivity contribution in [2.24, 2.45) is 0 Å². The average molecular weight is 373 g/mol. The molecule has 27 heavy (non-hydrogen) atoms. The van der Waals surface area contributed by atoms with Gasteiger partial charge in [0.05, 0.1) is 23.2 Å². The highest BCUT2D eigenvalue weighted by atomic mass is 16.6. The van der Waals surface area contributed by atoms with Crippen LogP contribution in [0.1, 0.15) is 59.7 Å². The summed E-state index contributed by atoms with van der Waals surface area (Å²) in [4.78, 5) is 25.9. The zero-order chi connectivity index (χ0) is 19.4. The highest BCUT2D eigenvalue weighted by Gasteiger charge is 2.40. The van der Waals surface area contributed by atoms with Crippen molar-refractivity contribution in [3.05, 3.63) is 35.4 Å². The monoisotopic (exact) mass is 373 g/mol. The van der Waals surface area contributed by atoms with E-state index < -0.39 is 6.10 Å². The number of imide groups is 1. The van der Waals surface area contributed by atoms with Crippen LogP contribution in [0.5, 0.6) is 0 Å². The number of benzene rings is 1. The number of aliphatic hydroxyl groups is 1. The van der Waals surface area contributed by atoms with Crippen molar-refractivity contribution in [3.63, 3.8) is 0 Å². The Morgan fingerprint density at radius 1 is 1.11 bits per heavy atom. The fourth-order valence-corrected chi connectivity index (χ4v) is 3.88. The highest BCUT2D eigenvalue weighted by molar-refractivity contribution is 6.21. The molecule has 1 N–H and O–H groups in total. The first-order chi connectivity index (χ1) is 13.0. The maximum absolute atomic E-state index is 12.3. The standard InChI is InChI=1S/C20H28BNO5/c1-2-15-16(23)17(18(21)27-15)26-12-8-4-3-7-11-22-19(24)13-9-5-6-10-14(13)20(22)25/h5-6,9-10,15-18,23H,2-4,7-8,11-12,21H2,1H3/t15-,16+,17?,18-/m1/s1. The van der Waals surface area contributed by atoms with Crippen LogP contribution in [0.25, 0.3) is 0 Å². The van der Waals surface area contributed by atoms with Gasteiger partial charge < -0.3 is 14.6 Å². The molecular weight excluding hydrogens is 345 g/mol. The van der Waals surface area contributed by atoms with Gasteiger partial charge in [0.25, 0.3) is 11.8 Å². The Labute approximate surface area is 161 Å². The summed E-state index contributed by atoms with van der Waals surface area (Å²) >= 11 is 0. The molecular formula is C20H28BNO5. The fourth-order valence-electron chi connectivity index (χ4n) is 3.88. The van der Waals surface area contributed by atoms with Gasteiger partial charge in [0.15, 0.2) is 0 Å². The number of hydrogen-bond acceptors (Lipinski definition) is 5. The number of ether oxygens (including phenoxy) is 2. The van der Waals surface area contributed by atoms with E-state index in [1.807, 2.05) is 14.8 Å². The molecule has 4 atom stereocenters. The van der Waals surface area contributed by atoms with Gasteiger partial charge in [-0.25, -0.2) is 0 Å². The Balaban J connectivity index is 1.32. The van der Waals surface area contributed by atoms with Crippen LogP contribution in [-0.2, 0) is 9.47 Å². The van der Waals surface area contributed by atoms with Crippen molar-refractivity contribution in [2.45, 2.75) is 63.3 Å². The first-order valence-electron chi connectivity index (χ1n) is 9.95. The quantitative estimate of drug-likeness (QED) is 0.402. The molecule has 3 rings (SSSR count). The maximum atomic E-state index is 12.3. The normalized spacial score (nSPS) is 27.4. The topological polar surface area (TPSA) is 76.1 Å². The molecule has 1 aromatic carbocycles. The van der Waals surface area contributed by atoms with Crippen molar-refractivity contribution in [1.29, 1.82) is 0 Å². The molecule has 1 unspecified atom stereocenters.